The van der Waals surface area contributed by atoms with Crippen LogP contribution in [0.1, 0.15) is 80.6 Å². The third kappa shape index (κ3) is 14.6. The Morgan fingerprint density at radius 2 is 1.87 bits per heavy atom. The minimum atomic E-state index is -1.28. The number of hydrogen-bond acceptors (Lipinski definition) is 17. The Labute approximate surface area is 411 Å². The van der Waals surface area contributed by atoms with E-state index in [0.717, 1.165) is 5.56 Å². The van der Waals surface area contributed by atoms with Crippen LogP contribution in [0.4, 0.5) is 19.2 Å². The zero-order valence-electron chi connectivity index (χ0n) is 42.2. The molecule has 1 aromatic heterocycles. The molecule has 3 fully saturated rings. The third-order valence-corrected chi connectivity index (χ3v) is 13.5. The van der Waals surface area contributed by atoms with Crippen LogP contribution < -0.4 is 16.4 Å². The summed E-state index contributed by atoms with van der Waals surface area (Å²) in [6.45, 7) is 17.8. The molecule has 2 aromatic rings. The summed E-state index contributed by atoms with van der Waals surface area (Å²) < 4.78 is 48.9. The van der Waals surface area contributed by atoms with Crippen LogP contribution in [-0.2, 0) is 44.6 Å². The Morgan fingerprint density at radius 3 is 2.51 bits per heavy atom. The first-order chi connectivity index (χ1) is 32.7. The molecule has 5 N–H and O–H groups in total. The van der Waals surface area contributed by atoms with Crippen molar-refractivity contribution < 1.29 is 56.6 Å². The van der Waals surface area contributed by atoms with Crippen LogP contribution in [0.3, 0.4) is 0 Å². The monoisotopic (exact) mass is 993 g/mol. The lowest BCUT2D eigenvalue weighted by Crippen LogP contribution is -2.61. The van der Waals surface area contributed by atoms with E-state index in [1.54, 1.807) is 30.5 Å². The van der Waals surface area contributed by atoms with Crippen LogP contribution in [0.2, 0.25) is 0 Å². The number of aliphatic hydroxyl groups excluding tert-OH is 1. The average molecular weight is 993 g/mol. The van der Waals surface area contributed by atoms with Crippen molar-refractivity contribution in [1.82, 2.24) is 35.4 Å². The number of rotatable bonds is 15. The van der Waals surface area contributed by atoms with Crippen molar-refractivity contribution in [3.63, 3.8) is 0 Å². The molecule has 0 bridgehead atoms. The second kappa shape index (κ2) is 26.2. The van der Waals surface area contributed by atoms with Gasteiger partial charge in [-0.15, -0.1) is 5.10 Å². The Kier molecular flexibility index (Phi) is 21.7. The normalized spacial score (nSPS) is 32.4. The number of hydrogen-bond donors (Lipinski definition) is 4. The van der Waals surface area contributed by atoms with Gasteiger partial charge in [-0.25, -0.2) is 9.59 Å². The number of fused-ring (bicyclic) bond motifs is 1. The standard InChI is InChI=1S/C47H74N8O11.CH3FS/c1-12-21-62-44(59)50-26-34-23-36(53(9)10)39(57)43(63-34)65-41-29(4)38(56)30(5)42(58)64-37(13-2)47(8)40(31(6)49-25-28(3)24-46(41,7)61-11)55(45(60)66-47)20-15-14-19-54-27-35(51-52-54)32-17-16-18-33(48)22-32;1-3-2/h12,16-18,22,27-31,34,36-37,39-41,43,49,57H,1,13-15,19-21,23-26,48H2,2-11H3,(H,50,59);1H3/t28-,29+,30-,31-,34?,36?,37-,39?,40-,41-,43+,46-,47-;/m1./s1. The highest BCUT2D eigenvalue weighted by Crippen LogP contribution is 2.40. The van der Waals surface area contributed by atoms with E-state index in [4.69, 9.17) is 34.2 Å². The molecule has 3 unspecified atom stereocenters. The number of ketones is 1. The van der Waals surface area contributed by atoms with Crippen molar-refractivity contribution in [3.8, 4) is 11.3 Å². The van der Waals surface area contributed by atoms with Crippen LogP contribution in [-0.4, -0.2) is 168 Å². The minimum Gasteiger partial charge on any atom is -0.458 e. The number of Topliss-reactive ketones (excluding diaryl/α,β-unsaturated/α-hetero) is 1. The van der Waals surface area contributed by atoms with E-state index in [2.05, 4.69) is 34.4 Å². The molecular weight excluding hydrogens is 916 g/mol. The number of halogens is 1. The average Bonchev–Trinajstić information content (AvgIpc) is 3.89. The van der Waals surface area contributed by atoms with Crippen LogP contribution >= 0.6 is 12.1 Å². The summed E-state index contributed by atoms with van der Waals surface area (Å²) in [6, 6.07) is 6.12. The molecular formula is C48H77FN8O11S. The number of esters is 1. The third-order valence-electron chi connectivity index (χ3n) is 13.5. The maximum atomic E-state index is 14.6. The fraction of sp³-hybridized carbons (Fsp3) is 0.708. The SMILES string of the molecule is C=CCOC(=O)NCC1CC(N(C)C)C(O)[C@H](O[C@@H]2[C@@H](C)C(=O)[C@@H](C)C(=O)O[C@H](CC)[C@@]3(C)OC(=O)N(CCCCn4cc(-c5cccc(N)c5)nn4)[C@@H]3[C@@H](C)NC[C@H](C)C[C@@]2(C)OC)O1.CSF. The summed E-state index contributed by atoms with van der Waals surface area (Å²) in [7, 11) is 5.20. The van der Waals surface area contributed by atoms with Crippen molar-refractivity contribution in [3.05, 3.63) is 43.1 Å². The molecule has 5 rings (SSSR count). The van der Waals surface area contributed by atoms with Crippen LogP contribution in [0.25, 0.3) is 11.3 Å². The second-order valence-corrected chi connectivity index (χ2v) is 19.3. The lowest BCUT2D eigenvalue weighted by Gasteiger charge is -2.47. The first-order valence-electron chi connectivity index (χ1n) is 23.8. The van der Waals surface area contributed by atoms with Crippen molar-refractivity contribution in [1.29, 1.82) is 0 Å². The van der Waals surface area contributed by atoms with Crippen LogP contribution in [0, 0.1) is 17.8 Å². The van der Waals surface area contributed by atoms with E-state index in [1.165, 1.54) is 19.3 Å². The molecule has 3 aliphatic heterocycles. The van der Waals surface area contributed by atoms with Crippen molar-refractivity contribution >= 4 is 41.8 Å². The quantitative estimate of drug-likeness (QED) is 0.0436. The number of unbranched alkanes of at least 4 members (excludes halogenated alkanes) is 1. The topological polar surface area (TPSA) is 231 Å². The molecule has 4 heterocycles. The lowest BCUT2D eigenvalue weighted by molar-refractivity contribution is -0.296. The zero-order valence-corrected chi connectivity index (χ0v) is 43.0. The maximum absolute atomic E-state index is 14.6. The number of benzene rings is 1. The first-order valence-corrected chi connectivity index (χ1v) is 24.9. The highest BCUT2D eigenvalue weighted by molar-refractivity contribution is 7.93. The number of alkyl carbamates (subject to hydrolysis) is 1. The number of ether oxygens (including phenoxy) is 6. The van der Waals surface area contributed by atoms with Gasteiger partial charge in [-0.3, -0.25) is 19.2 Å². The van der Waals surface area contributed by atoms with E-state index < -0.39 is 89.8 Å². The highest BCUT2D eigenvalue weighted by Gasteiger charge is 2.59. The largest absolute Gasteiger partial charge is 0.458 e. The summed E-state index contributed by atoms with van der Waals surface area (Å²) >= 11 is 0.250. The van der Waals surface area contributed by atoms with Gasteiger partial charge in [-0.05, 0) is 98.5 Å². The number of aliphatic hydroxyl groups is 1. The van der Waals surface area contributed by atoms with Gasteiger partial charge in [-0.2, -0.15) is 3.89 Å². The van der Waals surface area contributed by atoms with E-state index in [0.29, 0.717) is 63.1 Å². The summed E-state index contributed by atoms with van der Waals surface area (Å²) in [5.74, 6) is -3.54. The first kappa shape index (κ1) is 57.2. The van der Waals surface area contributed by atoms with Gasteiger partial charge in [0.2, 0.25) is 0 Å². The fourth-order valence-corrected chi connectivity index (χ4v) is 9.86. The molecule has 0 aliphatic carbocycles. The van der Waals surface area contributed by atoms with Crippen molar-refractivity contribution in [2.75, 3.05) is 59.4 Å². The van der Waals surface area contributed by atoms with Gasteiger partial charge in [0.15, 0.2) is 17.7 Å². The van der Waals surface area contributed by atoms with Gasteiger partial charge in [0.1, 0.15) is 30.4 Å². The molecule has 13 atom stereocenters. The predicted molar refractivity (Wildman–Crippen MR) is 260 cm³/mol. The van der Waals surface area contributed by atoms with E-state index in [9.17, 15) is 28.2 Å². The van der Waals surface area contributed by atoms with Crippen molar-refractivity contribution in [2.45, 2.75) is 147 Å². The molecule has 3 aliphatic rings. The Bertz CT molecular complexity index is 2000. The van der Waals surface area contributed by atoms with E-state index >= 15 is 0 Å². The number of carbonyl (C=O) groups is 4. The fourth-order valence-electron chi connectivity index (χ4n) is 9.86. The number of aromatic nitrogens is 3. The number of nitrogens with zero attached hydrogens (tertiary/aromatic N) is 5. The zero-order chi connectivity index (χ0) is 51.2. The number of nitrogen functional groups attached to an aromatic ring is 1. The molecule has 388 valence electrons. The summed E-state index contributed by atoms with van der Waals surface area (Å²) in [5, 5.41) is 26.7. The molecule has 21 heteroatoms. The van der Waals surface area contributed by atoms with Gasteiger partial charge >= 0.3 is 18.2 Å². The van der Waals surface area contributed by atoms with Crippen molar-refractivity contribution in [2.24, 2.45) is 17.8 Å². The Hall–Kier alpha value is -4.38. The molecule has 2 amide bonds. The van der Waals surface area contributed by atoms with Gasteiger partial charge in [0, 0.05) is 74.4 Å². The number of cyclic esters (lactones) is 1. The molecule has 1 aromatic carbocycles. The molecule has 0 spiro atoms. The summed E-state index contributed by atoms with van der Waals surface area (Å²) in [6.07, 6.45) is 0.992. The number of nitrogens with one attached hydrogen (secondary N) is 2. The molecule has 19 nitrogen and oxygen atoms in total. The van der Waals surface area contributed by atoms with Crippen LogP contribution in [0.5, 0.6) is 0 Å². The number of anilines is 1. The smallest absolute Gasteiger partial charge is 0.410 e. The molecule has 3 saturated heterocycles. The molecule has 69 heavy (non-hydrogen) atoms. The van der Waals surface area contributed by atoms with Gasteiger partial charge in [0.05, 0.1) is 30.0 Å². The van der Waals surface area contributed by atoms with Gasteiger partial charge in [-0.1, -0.05) is 50.8 Å². The highest BCUT2D eigenvalue weighted by atomic mass is 32.2. The number of nitrogens with two attached hydrogens (primary N) is 1. The second-order valence-electron chi connectivity index (χ2n) is 19.0. The summed E-state index contributed by atoms with van der Waals surface area (Å²) in [5.41, 5.74) is 5.76. The number of likely N-dealkylation sites (N-methyl/N-ethyl adjacent to an activating group) is 1. The molecule has 0 saturated carbocycles. The van der Waals surface area contributed by atoms with Crippen LogP contribution in [0.15, 0.2) is 43.1 Å². The van der Waals surface area contributed by atoms with E-state index in [-0.39, 0.29) is 37.3 Å². The predicted octanol–water partition coefficient (Wildman–Crippen LogP) is 5.41. The number of methoxy groups -OCH3 is 1. The maximum Gasteiger partial charge on any atom is 0.410 e. The molecule has 0 radical (unpaired) electrons. The summed E-state index contributed by atoms with van der Waals surface area (Å²) in [4.78, 5) is 58.5. The Morgan fingerprint density at radius 1 is 1.17 bits per heavy atom. The Balaban J connectivity index is 0.00000336. The number of aryl methyl sites for hydroxylation is 1. The minimum absolute atomic E-state index is 0.0375. The van der Waals surface area contributed by atoms with E-state index in [1.807, 2.05) is 70.2 Å². The van der Waals surface area contributed by atoms with Gasteiger partial charge in [0.25, 0.3) is 0 Å². The number of carbonyl (C=O) groups excluding carboxylic acids is 4. The lowest BCUT2D eigenvalue weighted by atomic mass is 9.78. The van der Waals surface area contributed by atoms with Gasteiger partial charge < -0.3 is 54.8 Å². The number of amides is 2.